The third-order valence-electron chi connectivity index (χ3n) is 5.57. The minimum atomic E-state index is -0.863. The molecular formula is C23H30N2O6. The second-order valence-corrected chi connectivity index (χ2v) is 7.57. The molecule has 168 valence electrons. The Hall–Kier alpha value is -2.81. The van der Waals surface area contributed by atoms with Crippen LogP contribution in [0.15, 0.2) is 48.5 Å². The molecule has 0 radical (unpaired) electrons. The van der Waals surface area contributed by atoms with Gasteiger partial charge in [-0.05, 0) is 37.4 Å². The molecule has 2 aromatic carbocycles. The van der Waals surface area contributed by atoms with Crippen LogP contribution in [-0.2, 0) is 0 Å². The summed E-state index contributed by atoms with van der Waals surface area (Å²) in [5.74, 6) is 1.56. The first-order valence-corrected chi connectivity index (χ1v) is 10.2. The van der Waals surface area contributed by atoms with Crippen LogP contribution < -0.4 is 19.5 Å². The highest BCUT2D eigenvalue weighted by atomic mass is 16.5. The van der Waals surface area contributed by atoms with E-state index in [0.717, 1.165) is 0 Å². The first-order chi connectivity index (χ1) is 15.0. The van der Waals surface area contributed by atoms with Gasteiger partial charge in [-0.25, -0.2) is 0 Å². The number of aliphatic hydroxyl groups excluding tert-OH is 2. The zero-order valence-corrected chi connectivity index (χ0v) is 18.0. The van der Waals surface area contributed by atoms with Gasteiger partial charge in [-0.15, -0.1) is 0 Å². The lowest BCUT2D eigenvalue weighted by Gasteiger charge is -2.31. The lowest BCUT2D eigenvalue weighted by atomic mass is 10.1. The van der Waals surface area contributed by atoms with E-state index in [0.29, 0.717) is 35.8 Å². The number of hydrogen-bond donors (Lipinski definition) is 3. The number of aliphatic hydroxyl groups is 2. The number of benzene rings is 2. The number of nitrogens with one attached hydrogen (secondary N) is 1. The van der Waals surface area contributed by atoms with Crippen molar-refractivity contribution in [3.8, 4) is 17.2 Å². The molecule has 3 rings (SSSR count). The normalized spacial score (nSPS) is 22.9. The van der Waals surface area contributed by atoms with Gasteiger partial charge < -0.3 is 29.7 Å². The zero-order valence-electron chi connectivity index (χ0n) is 18.0. The average molecular weight is 431 g/mol. The standard InChI is InChI=1S/C23H30N2O6/c1-25(10-11-26)21-19(24-23(28)15-6-4-7-16(12-15)29-2)14-20(22(21)27)31-18-9-5-8-17(13-18)30-3/h4-9,12-13,19-22,26-27H,10-11,14H2,1-3H3,(H,24,28)/t19-,20-,21+,22+/m1/s1. The van der Waals surface area contributed by atoms with Crippen molar-refractivity contribution < 1.29 is 29.2 Å². The molecule has 1 fully saturated rings. The first kappa shape index (κ1) is 22.9. The maximum atomic E-state index is 12.9. The quantitative estimate of drug-likeness (QED) is 0.551. The van der Waals surface area contributed by atoms with Gasteiger partial charge in [0.25, 0.3) is 5.91 Å². The van der Waals surface area contributed by atoms with Gasteiger partial charge in [0.1, 0.15) is 29.5 Å². The lowest BCUT2D eigenvalue weighted by Crippen LogP contribution is -2.52. The molecule has 8 nitrogen and oxygen atoms in total. The number of methoxy groups -OCH3 is 2. The highest BCUT2D eigenvalue weighted by Gasteiger charge is 2.46. The number of amides is 1. The van der Waals surface area contributed by atoms with Crippen LogP contribution in [0.1, 0.15) is 16.8 Å². The Kier molecular flexibility index (Phi) is 7.73. The van der Waals surface area contributed by atoms with E-state index >= 15 is 0 Å². The predicted molar refractivity (Wildman–Crippen MR) is 116 cm³/mol. The fraction of sp³-hybridized carbons (Fsp3) is 0.435. The molecule has 0 unspecified atom stereocenters. The van der Waals surface area contributed by atoms with Crippen LogP contribution in [-0.4, -0.2) is 79.7 Å². The molecule has 0 aliphatic heterocycles. The highest BCUT2D eigenvalue weighted by molar-refractivity contribution is 5.94. The first-order valence-electron chi connectivity index (χ1n) is 10.2. The Labute approximate surface area is 182 Å². The van der Waals surface area contributed by atoms with Gasteiger partial charge in [-0.3, -0.25) is 9.69 Å². The number of hydrogen-bond acceptors (Lipinski definition) is 7. The summed E-state index contributed by atoms with van der Waals surface area (Å²) in [5, 5.41) is 23.4. The van der Waals surface area contributed by atoms with Crippen molar-refractivity contribution in [1.82, 2.24) is 10.2 Å². The van der Waals surface area contributed by atoms with Crippen LogP contribution in [0.25, 0.3) is 0 Å². The molecule has 1 saturated carbocycles. The molecular weight excluding hydrogens is 400 g/mol. The Morgan fingerprint density at radius 3 is 2.42 bits per heavy atom. The van der Waals surface area contributed by atoms with Crippen molar-refractivity contribution in [3.63, 3.8) is 0 Å². The monoisotopic (exact) mass is 430 g/mol. The van der Waals surface area contributed by atoms with Crippen molar-refractivity contribution in [2.24, 2.45) is 0 Å². The molecule has 0 saturated heterocycles. The van der Waals surface area contributed by atoms with E-state index in [1.165, 1.54) is 0 Å². The topological polar surface area (TPSA) is 100 Å². The van der Waals surface area contributed by atoms with E-state index in [4.69, 9.17) is 14.2 Å². The minimum Gasteiger partial charge on any atom is -0.497 e. The van der Waals surface area contributed by atoms with E-state index in [1.54, 1.807) is 50.6 Å². The fourth-order valence-electron chi connectivity index (χ4n) is 3.99. The maximum absolute atomic E-state index is 12.9. The number of carbonyl (C=O) groups is 1. The van der Waals surface area contributed by atoms with Crippen molar-refractivity contribution in [2.45, 2.75) is 30.7 Å². The van der Waals surface area contributed by atoms with Crippen LogP contribution in [0.5, 0.6) is 17.2 Å². The van der Waals surface area contributed by atoms with Crippen LogP contribution in [0.3, 0.4) is 0 Å². The Balaban J connectivity index is 1.78. The smallest absolute Gasteiger partial charge is 0.251 e. The van der Waals surface area contributed by atoms with Crippen LogP contribution >= 0.6 is 0 Å². The van der Waals surface area contributed by atoms with Gasteiger partial charge in [0.2, 0.25) is 0 Å². The van der Waals surface area contributed by atoms with Gasteiger partial charge in [0.05, 0.1) is 32.9 Å². The van der Waals surface area contributed by atoms with Gasteiger partial charge in [-0.1, -0.05) is 12.1 Å². The van der Waals surface area contributed by atoms with E-state index < -0.39 is 18.2 Å². The van der Waals surface area contributed by atoms with E-state index in [9.17, 15) is 15.0 Å². The average Bonchev–Trinajstić information content (AvgIpc) is 3.08. The molecule has 8 heteroatoms. The molecule has 0 aromatic heterocycles. The third kappa shape index (κ3) is 5.46. The van der Waals surface area contributed by atoms with E-state index in [2.05, 4.69) is 5.32 Å². The Bertz CT molecular complexity index is 877. The van der Waals surface area contributed by atoms with Crippen LogP contribution in [0.2, 0.25) is 0 Å². The number of carbonyl (C=O) groups excluding carboxylic acids is 1. The summed E-state index contributed by atoms with van der Waals surface area (Å²) in [6, 6.07) is 13.3. The van der Waals surface area contributed by atoms with Crippen molar-refractivity contribution in [2.75, 3.05) is 34.4 Å². The molecule has 0 bridgehead atoms. The fourth-order valence-corrected chi connectivity index (χ4v) is 3.99. The SMILES string of the molecule is COc1cccc(O[C@@H]2C[C@@H](NC(=O)c3cccc(OC)c3)[C@H](N(C)CCO)[C@H]2O)c1. The van der Waals surface area contributed by atoms with Gasteiger partial charge in [-0.2, -0.15) is 0 Å². The third-order valence-corrected chi connectivity index (χ3v) is 5.57. The summed E-state index contributed by atoms with van der Waals surface area (Å²) < 4.78 is 16.5. The summed E-state index contributed by atoms with van der Waals surface area (Å²) in [6.45, 7) is 0.302. The van der Waals surface area contributed by atoms with E-state index in [-0.39, 0.29) is 18.6 Å². The predicted octanol–water partition coefficient (Wildman–Crippen LogP) is 1.31. The van der Waals surface area contributed by atoms with Gasteiger partial charge in [0.15, 0.2) is 0 Å². The summed E-state index contributed by atoms with van der Waals surface area (Å²) >= 11 is 0. The summed E-state index contributed by atoms with van der Waals surface area (Å²) in [6.07, 6.45) is -0.985. The molecule has 2 aromatic rings. The van der Waals surface area contributed by atoms with Crippen LogP contribution in [0, 0.1) is 0 Å². The van der Waals surface area contributed by atoms with Crippen molar-refractivity contribution in [1.29, 1.82) is 0 Å². The summed E-state index contributed by atoms with van der Waals surface area (Å²) in [5.41, 5.74) is 0.467. The summed E-state index contributed by atoms with van der Waals surface area (Å²) in [7, 11) is 4.93. The lowest BCUT2D eigenvalue weighted by molar-refractivity contribution is 0.0109. The molecule has 4 atom stereocenters. The Morgan fingerprint density at radius 1 is 1.10 bits per heavy atom. The maximum Gasteiger partial charge on any atom is 0.251 e. The number of nitrogens with zero attached hydrogens (tertiary/aromatic N) is 1. The minimum absolute atomic E-state index is 0.0579. The largest absolute Gasteiger partial charge is 0.497 e. The molecule has 31 heavy (non-hydrogen) atoms. The summed E-state index contributed by atoms with van der Waals surface area (Å²) in [4.78, 5) is 14.7. The zero-order chi connectivity index (χ0) is 22.4. The van der Waals surface area contributed by atoms with E-state index in [1.807, 2.05) is 24.1 Å². The van der Waals surface area contributed by atoms with Crippen LogP contribution in [0.4, 0.5) is 0 Å². The van der Waals surface area contributed by atoms with Gasteiger partial charge >= 0.3 is 0 Å². The molecule has 3 N–H and O–H groups in total. The van der Waals surface area contributed by atoms with Gasteiger partial charge in [0, 0.05) is 24.6 Å². The second kappa shape index (κ2) is 10.5. The van der Waals surface area contributed by atoms with Crippen molar-refractivity contribution in [3.05, 3.63) is 54.1 Å². The second-order valence-electron chi connectivity index (χ2n) is 7.57. The number of rotatable bonds is 9. The number of likely N-dealkylation sites (N-methyl/N-ethyl adjacent to an activating group) is 1. The number of ether oxygens (including phenoxy) is 3. The molecule has 1 aliphatic rings. The molecule has 0 spiro atoms. The van der Waals surface area contributed by atoms with Crippen molar-refractivity contribution >= 4 is 5.91 Å². The highest BCUT2D eigenvalue weighted by Crippen LogP contribution is 2.30. The molecule has 1 aliphatic carbocycles. The Morgan fingerprint density at radius 2 is 1.74 bits per heavy atom. The molecule has 0 heterocycles. The molecule has 1 amide bonds.